The number of carbonyl (C=O) groups excluding carboxylic acids is 1. The number of carbonyl (C=O) groups is 1. The normalized spacial score (nSPS) is 11.4. The number of hydrogen-bond acceptors (Lipinski definition) is 3. The molecule has 0 fully saturated rings. The number of carboxylic acids is 1. The maximum Gasteiger partial charge on any atom is 1.00 e. The minimum Gasteiger partial charge on any atom is -0.546 e. The van der Waals surface area contributed by atoms with Crippen molar-refractivity contribution in [1.82, 2.24) is 0 Å². The van der Waals surface area contributed by atoms with Crippen LogP contribution in [0.3, 0.4) is 0 Å². The average molecular weight is 253 g/mol. The molecule has 76 valence electrons. The van der Waals surface area contributed by atoms with Gasteiger partial charge in [-0.2, -0.15) is 0 Å². The van der Waals surface area contributed by atoms with Crippen molar-refractivity contribution < 1.29 is 66.0 Å². The zero-order valence-corrected chi connectivity index (χ0v) is 12.8. The maximum absolute atomic E-state index is 10.4. The zero-order valence-electron chi connectivity index (χ0n) is 8.91. The third-order valence-corrected chi connectivity index (χ3v) is 2.01. The molecule has 0 N–H and O–H groups in total. The summed E-state index contributed by atoms with van der Waals surface area (Å²) in [5.74, 6) is -0.731. The van der Waals surface area contributed by atoms with Gasteiger partial charge in [0.15, 0.2) is 0 Å². The van der Waals surface area contributed by atoms with E-state index in [1.165, 1.54) is 6.92 Å². The summed E-state index contributed by atoms with van der Waals surface area (Å²) in [6, 6.07) is 4.99. The Hall–Kier alpha value is 0.416. The van der Waals surface area contributed by atoms with Gasteiger partial charge in [-0.3, -0.25) is 0 Å². The van der Waals surface area contributed by atoms with E-state index in [2.05, 4.69) is 0 Å². The van der Waals surface area contributed by atoms with Crippen LogP contribution >= 0.6 is 11.6 Å². The molecule has 0 amide bonds. The number of benzene rings is 1. The number of ether oxygens (including phenoxy) is 1. The van der Waals surface area contributed by atoms with Crippen LogP contribution in [0.1, 0.15) is 12.5 Å². The second-order valence-electron chi connectivity index (χ2n) is 2.99. The molecule has 0 aliphatic rings. The third-order valence-electron chi connectivity index (χ3n) is 1.77. The summed E-state index contributed by atoms with van der Waals surface area (Å²) in [7, 11) is 0. The van der Waals surface area contributed by atoms with Crippen LogP contribution in [-0.2, 0) is 4.79 Å². The van der Waals surface area contributed by atoms with Crippen molar-refractivity contribution in [2.24, 2.45) is 0 Å². The van der Waals surface area contributed by atoms with Crippen LogP contribution in [0.4, 0.5) is 0 Å². The molecule has 15 heavy (non-hydrogen) atoms. The number of aliphatic carboxylic acids is 1. The Morgan fingerprint density at radius 1 is 1.53 bits per heavy atom. The largest absolute Gasteiger partial charge is 1.00 e. The van der Waals surface area contributed by atoms with E-state index in [9.17, 15) is 9.90 Å². The summed E-state index contributed by atoms with van der Waals surface area (Å²) in [5.41, 5.74) is 0.797. The number of halogens is 1. The summed E-state index contributed by atoms with van der Waals surface area (Å²) >= 11 is 5.73. The van der Waals surface area contributed by atoms with Crippen molar-refractivity contribution >= 4 is 17.6 Å². The van der Waals surface area contributed by atoms with E-state index in [-0.39, 0.29) is 51.4 Å². The second-order valence-corrected chi connectivity index (χ2v) is 3.43. The first-order valence-corrected chi connectivity index (χ1v) is 4.52. The van der Waals surface area contributed by atoms with Gasteiger partial charge in [-0.15, -0.1) is 0 Å². The Balaban J connectivity index is 0.00000196. The van der Waals surface area contributed by atoms with Crippen LogP contribution in [0.15, 0.2) is 18.2 Å². The molecule has 0 heterocycles. The smallest absolute Gasteiger partial charge is 0.546 e. The molecule has 0 unspecified atom stereocenters. The standard InChI is InChI=1S/C10H11ClO3.K/c1-6-5-8(11)3-4-9(6)14-7(2)10(12)13;/h3-5,7H,1-2H3,(H,12,13);/q;+1/p-1/t7-;/m1./s1. The summed E-state index contributed by atoms with van der Waals surface area (Å²) < 4.78 is 5.14. The van der Waals surface area contributed by atoms with Crippen LogP contribution in [-0.4, -0.2) is 12.1 Å². The fourth-order valence-corrected chi connectivity index (χ4v) is 1.21. The molecule has 1 aromatic carbocycles. The molecular formula is C10H10ClKO3. The molecular weight excluding hydrogens is 243 g/mol. The van der Waals surface area contributed by atoms with E-state index < -0.39 is 12.1 Å². The van der Waals surface area contributed by atoms with E-state index in [1.807, 2.05) is 0 Å². The van der Waals surface area contributed by atoms with Crippen molar-refractivity contribution in [2.45, 2.75) is 20.0 Å². The van der Waals surface area contributed by atoms with E-state index in [1.54, 1.807) is 25.1 Å². The molecule has 0 saturated carbocycles. The van der Waals surface area contributed by atoms with Gasteiger partial charge in [0.1, 0.15) is 11.9 Å². The first kappa shape index (κ1) is 15.4. The Bertz CT molecular complexity index is 355. The van der Waals surface area contributed by atoms with Gasteiger partial charge < -0.3 is 14.6 Å². The van der Waals surface area contributed by atoms with Crippen molar-refractivity contribution in [3.05, 3.63) is 28.8 Å². The van der Waals surface area contributed by atoms with E-state index in [0.717, 1.165) is 5.56 Å². The predicted molar refractivity (Wildman–Crippen MR) is 51.3 cm³/mol. The van der Waals surface area contributed by atoms with Crippen LogP contribution in [0.2, 0.25) is 5.02 Å². The maximum atomic E-state index is 10.4. The Kier molecular flexibility index (Phi) is 7.07. The molecule has 0 radical (unpaired) electrons. The number of hydrogen-bond donors (Lipinski definition) is 0. The van der Waals surface area contributed by atoms with Crippen LogP contribution in [0.5, 0.6) is 5.75 Å². The van der Waals surface area contributed by atoms with Gasteiger partial charge in [-0.1, -0.05) is 11.6 Å². The summed E-state index contributed by atoms with van der Waals surface area (Å²) in [4.78, 5) is 10.4. The van der Waals surface area contributed by atoms with Gasteiger partial charge in [-0.05, 0) is 37.6 Å². The summed E-state index contributed by atoms with van der Waals surface area (Å²) in [6.07, 6.45) is -0.963. The first-order chi connectivity index (χ1) is 6.50. The molecule has 3 nitrogen and oxygen atoms in total. The van der Waals surface area contributed by atoms with Crippen molar-refractivity contribution in [1.29, 1.82) is 0 Å². The number of rotatable bonds is 3. The number of carboxylic acid groups (broad SMARTS) is 1. The van der Waals surface area contributed by atoms with E-state index in [0.29, 0.717) is 10.8 Å². The topological polar surface area (TPSA) is 49.4 Å². The fraction of sp³-hybridized carbons (Fsp3) is 0.300. The Morgan fingerprint density at radius 3 is 2.60 bits per heavy atom. The summed E-state index contributed by atoms with van der Waals surface area (Å²) in [5, 5.41) is 11.0. The van der Waals surface area contributed by atoms with Gasteiger partial charge >= 0.3 is 51.4 Å². The number of aryl methyl sites for hydroxylation is 1. The molecule has 1 atom stereocenters. The van der Waals surface area contributed by atoms with E-state index >= 15 is 0 Å². The molecule has 0 bridgehead atoms. The molecule has 0 saturated heterocycles. The van der Waals surface area contributed by atoms with E-state index in [4.69, 9.17) is 16.3 Å². The van der Waals surface area contributed by atoms with Gasteiger partial charge in [0.25, 0.3) is 0 Å². The van der Waals surface area contributed by atoms with Gasteiger partial charge in [0.05, 0.1) is 5.97 Å². The first-order valence-electron chi connectivity index (χ1n) is 4.14. The molecule has 0 aliphatic carbocycles. The van der Waals surface area contributed by atoms with Crippen LogP contribution in [0, 0.1) is 6.92 Å². The van der Waals surface area contributed by atoms with Gasteiger partial charge in [-0.25, -0.2) is 0 Å². The molecule has 1 rings (SSSR count). The van der Waals surface area contributed by atoms with Gasteiger partial charge in [0.2, 0.25) is 0 Å². The van der Waals surface area contributed by atoms with Crippen molar-refractivity contribution in [3.63, 3.8) is 0 Å². The SMILES string of the molecule is Cc1cc(Cl)ccc1O[C@H](C)C(=O)[O-].[K+]. The summed E-state index contributed by atoms with van der Waals surface area (Å²) in [6.45, 7) is 3.21. The van der Waals surface area contributed by atoms with Crippen molar-refractivity contribution in [3.8, 4) is 5.75 Å². The quantitative estimate of drug-likeness (QED) is 0.595. The fourth-order valence-electron chi connectivity index (χ4n) is 0.984. The molecule has 0 aromatic heterocycles. The van der Waals surface area contributed by atoms with Gasteiger partial charge in [0, 0.05) is 5.02 Å². The zero-order chi connectivity index (χ0) is 10.7. The van der Waals surface area contributed by atoms with Crippen LogP contribution in [0.25, 0.3) is 0 Å². The molecule has 5 heteroatoms. The van der Waals surface area contributed by atoms with Crippen molar-refractivity contribution in [2.75, 3.05) is 0 Å². The Labute approximate surface area is 136 Å². The third kappa shape index (κ3) is 4.85. The average Bonchev–Trinajstić information content (AvgIpc) is 2.09. The minimum absolute atomic E-state index is 0. The second kappa shape index (κ2) is 6.88. The van der Waals surface area contributed by atoms with Crippen LogP contribution < -0.4 is 61.2 Å². The molecule has 0 aliphatic heterocycles. The molecule has 1 aromatic rings. The molecule has 0 spiro atoms. The predicted octanol–water partition coefficient (Wildman–Crippen LogP) is -1.83. The Morgan fingerprint density at radius 2 is 2.13 bits per heavy atom. The monoisotopic (exact) mass is 252 g/mol. The minimum atomic E-state index is -1.24.